The van der Waals surface area contributed by atoms with Crippen LogP contribution in [0.2, 0.25) is 0 Å². The number of carboxylic acids is 1. The van der Waals surface area contributed by atoms with E-state index >= 15 is 0 Å². The van der Waals surface area contributed by atoms with Crippen molar-refractivity contribution < 1.29 is 24.2 Å². The normalized spacial score (nSPS) is 10.0. The van der Waals surface area contributed by atoms with Crippen LogP contribution < -0.4 is 9.47 Å². The fraction of sp³-hybridized carbons (Fsp3) is 0.176. The SMILES string of the molecule is CCCOc1ccccc1C(=O)Oc1ccccc1C(=O)O. The molecule has 0 amide bonds. The molecule has 0 saturated carbocycles. The minimum Gasteiger partial charge on any atom is -0.493 e. The average Bonchev–Trinajstić information content (AvgIpc) is 2.53. The predicted octanol–water partition coefficient (Wildman–Crippen LogP) is 3.39. The third kappa shape index (κ3) is 3.63. The Hall–Kier alpha value is -2.82. The van der Waals surface area contributed by atoms with Crippen LogP contribution in [0.3, 0.4) is 0 Å². The molecule has 0 saturated heterocycles. The summed E-state index contributed by atoms with van der Waals surface area (Å²) < 4.78 is 10.7. The van der Waals surface area contributed by atoms with Crippen LogP contribution in [0.15, 0.2) is 48.5 Å². The molecule has 2 aromatic rings. The number of carbonyl (C=O) groups excluding carboxylic acids is 1. The maximum atomic E-state index is 12.3. The van der Waals surface area contributed by atoms with Crippen LogP contribution in [0.4, 0.5) is 0 Å². The van der Waals surface area contributed by atoms with Crippen molar-refractivity contribution in [2.45, 2.75) is 13.3 Å². The number of esters is 1. The second-order valence-corrected chi connectivity index (χ2v) is 4.54. The minimum atomic E-state index is -1.15. The van der Waals surface area contributed by atoms with Crippen LogP contribution in [-0.4, -0.2) is 23.7 Å². The lowest BCUT2D eigenvalue weighted by atomic mass is 10.2. The Morgan fingerprint density at radius 1 is 0.955 bits per heavy atom. The lowest BCUT2D eigenvalue weighted by molar-refractivity contribution is 0.0680. The van der Waals surface area contributed by atoms with Crippen molar-refractivity contribution in [3.05, 3.63) is 59.7 Å². The molecular weight excluding hydrogens is 284 g/mol. The van der Waals surface area contributed by atoms with Gasteiger partial charge in [0.15, 0.2) is 0 Å². The van der Waals surface area contributed by atoms with Crippen LogP contribution in [0, 0.1) is 0 Å². The molecular formula is C17H16O5. The number of ether oxygens (including phenoxy) is 2. The topological polar surface area (TPSA) is 72.8 Å². The fourth-order valence-electron chi connectivity index (χ4n) is 1.86. The number of aromatic carboxylic acids is 1. The quantitative estimate of drug-likeness (QED) is 0.654. The van der Waals surface area contributed by atoms with E-state index in [1.165, 1.54) is 12.1 Å². The molecule has 0 aliphatic heterocycles. The van der Waals surface area contributed by atoms with E-state index in [0.717, 1.165) is 6.42 Å². The van der Waals surface area contributed by atoms with Gasteiger partial charge < -0.3 is 14.6 Å². The van der Waals surface area contributed by atoms with Gasteiger partial charge in [0, 0.05) is 0 Å². The number of rotatable bonds is 6. The van der Waals surface area contributed by atoms with Gasteiger partial charge >= 0.3 is 11.9 Å². The minimum absolute atomic E-state index is 0.00490. The molecule has 2 rings (SSSR count). The summed E-state index contributed by atoms with van der Waals surface area (Å²) in [5, 5.41) is 9.10. The van der Waals surface area contributed by atoms with Gasteiger partial charge in [-0.25, -0.2) is 9.59 Å². The van der Waals surface area contributed by atoms with Crippen molar-refractivity contribution in [3.8, 4) is 11.5 Å². The van der Waals surface area contributed by atoms with Crippen LogP contribution in [-0.2, 0) is 0 Å². The van der Waals surface area contributed by atoms with Crippen LogP contribution in [0.25, 0.3) is 0 Å². The van der Waals surface area contributed by atoms with Crippen molar-refractivity contribution in [2.75, 3.05) is 6.61 Å². The van der Waals surface area contributed by atoms with E-state index in [0.29, 0.717) is 12.4 Å². The molecule has 0 heterocycles. The molecule has 0 unspecified atom stereocenters. The Balaban J connectivity index is 2.25. The van der Waals surface area contributed by atoms with Gasteiger partial charge in [-0.15, -0.1) is 0 Å². The Bertz CT molecular complexity index is 678. The van der Waals surface area contributed by atoms with Crippen molar-refractivity contribution in [1.82, 2.24) is 0 Å². The first-order valence-corrected chi connectivity index (χ1v) is 6.89. The molecule has 0 aliphatic carbocycles. The molecule has 0 aromatic heterocycles. The zero-order valence-corrected chi connectivity index (χ0v) is 12.1. The largest absolute Gasteiger partial charge is 0.493 e. The van der Waals surface area contributed by atoms with Crippen LogP contribution in [0.1, 0.15) is 34.1 Å². The van der Waals surface area contributed by atoms with Crippen molar-refractivity contribution in [3.63, 3.8) is 0 Å². The number of hydrogen-bond donors (Lipinski definition) is 1. The van der Waals surface area contributed by atoms with Gasteiger partial charge in [-0.2, -0.15) is 0 Å². The van der Waals surface area contributed by atoms with Gasteiger partial charge in [-0.05, 0) is 30.7 Å². The summed E-state index contributed by atoms with van der Waals surface area (Å²) in [4.78, 5) is 23.4. The molecule has 5 nitrogen and oxygen atoms in total. The summed E-state index contributed by atoms with van der Waals surface area (Å²) in [6.45, 7) is 2.44. The van der Waals surface area contributed by atoms with E-state index in [9.17, 15) is 9.59 Å². The van der Waals surface area contributed by atoms with Crippen molar-refractivity contribution in [2.24, 2.45) is 0 Å². The Morgan fingerprint density at radius 2 is 1.55 bits per heavy atom. The van der Waals surface area contributed by atoms with Gasteiger partial charge in [0.2, 0.25) is 0 Å². The highest BCUT2D eigenvalue weighted by atomic mass is 16.5. The molecule has 2 aromatic carbocycles. The fourth-order valence-corrected chi connectivity index (χ4v) is 1.86. The lowest BCUT2D eigenvalue weighted by Gasteiger charge is -2.11. The maximum absolute atomic E-state index is 12.3. The summed E-state index contributed by atoms with van der Waals surface area (Å²) in [5.74, 6) is -1.38. The summed E-state index contributed by atoms with van der Waals surface area (Å²) in [7, 11) is 0. The summed E-state index contributed by atoms with van der Waals surface area (Å²) >= 11 is 0. The molecule has 0 atom stereocenters. The van der Waals surface area contributed by atoms with Gasteiger partial charge in [0.25, 0.3) is 0 Å². The predicted molar refractivity (Wildman–Crippen MR) is 80.6 cm³/mol. The van der Waals surface area contributed by atoms with Gasteiger partial charge in [-0.3, -0.25) is 0 Å². The van der Waals surface area contributed by atoms with E-state index < -0.39 is 11.9 Å². The number of hydrogen-bond acceptors (Lipinski definition) is 4. The van der Waals surface area contributed by atoms with Gasteiger partial charge in [-0.1, -0.05) is 31.2 Å². The first-order valence-electron chi connectivity index (χ1n) is 6.89. The molecule has 114 valence electrons. The Labute approximate surface area is 128 Å². The summed E-state index contributed by atoms with van der Waals surface area (Å²) in [6.07, 6.45) is 0.811. The average molecular weight is 300 g/mol. The van der Waals surface area contributed by atoms with Gasteiger partial charge in [0.1, 0.15) is 22.6 Å². The number of benzene rings is 2. The second-order valence-electron chi connectivity index (χ2n) is 4.54. The van der Waals surface area contributed by atoms with E-state index in [-0.39, 0.29) is 16.9 Å². The van der Waals surface area contributed by atoms with E-state index in [1.54, 1.807) is 36.4 Å². The molecule has 0 radical (unpaired) electrons. The molecule has 5 heteroatoms. The van der Waals surface area contributed by atoms with Gasteiger partial charge in [0.05, 0.1) is 6.61 Å². The Morgan fingerprint density at radius 3 is 2.18 bits per heavy atom. The van der Waals surface area contributed by atoms with Crippen LogP contribution >= 0.6 is 0 Å². The third-order valence-corrected chi connectivity index (χ3v) is 2.89. The van der Waals surface area contributed by atoms with E-state index in [4.69, 9.17) is 14.6 Å². The highest BCUT2D eigenvalue weighted by Gasteiger charge is 2.18. The van der Waals surface area contributed by atoms with Crippen molar-refractivity contribution in [1.29, 1.82) is 0 Å². The zero-order chi connectivity index (χ0) is 15.9. The number of carbonyl (C=O) groups is 2. The highest BCUT2D eigenvalue weighted by molar-refractivity contribution is 5.96. The zero-order valence-electron chi connectivity index (χ0n) is 12.1. The van der Waals surface area contributed by atoms with E-state index in [1.807, 2.05) is 6.92 Å². The lowest BCUT2D eigenvalue weighted by Crippen LogP contribution is -2.13. The summed E-state index contributed by atoms with van der Waals surface area (Å²) in [5.41, 5.74) is 0.193. The number of para-hydroxylation sites is 2. The van der Waals surface area contributed by atoms with Crippen molar-refractivity contribution >= 4 is 11.9 Å². The number of carboxylic acid groups (broad SMARTS) is 1. The maximum Gasteiger partial charge on any atom is 0.347 e. The monoisotopic (exact) mass is 300 g/mol. The first-order chi connectivity index (χ1) is 10.6. The molecule has 1 N–H and O–H groups in total. The molecule has 22 heavy (non-hydrogen) atoms. The molecule has 0 aliphatic rings. The second kappa shape index (κ2) is 7.26. The standard InChI is InChI=1S/C17H16O5/c1-2-11-21-14-9-5-4-8-13(14)17(20)22-15-10-6-3-7-12(15)16(18)19/h3-10H,2,11H2,1H3,(H,18,19). The third-order valence-electron chi connectivity index (χ3n) is 2.89. The molecule has 0 spiro atoms. The smallest absolute Gasteiger partial charge is 0.347 e. The highest BCUT2D eigenvalue weighted by Crippen LogP contribution is 2.23. The molecule has 0 bridgehead atoms. The Kier molecular flexibility index (Phi) is 5.14. The first kappa shape index (κ1) is 15.6. The van der Waals surface area contributed by atoms with E-state index in [2.05, 4.69) is 0 Å². The molecule has 0 fully saturated rings. The summed E-state index contributed by atoms with van der Waals surface area (Å²) in [6, 6.07) is 12.7. The van der Waals surface area contributed by atoms with Crippen LogP contribution in [0.5, 0.6) is 11.5 Å².